The number of carbonyl (C=O) groups is 1. The summed E-state index contributed by atoms with van der Waals surface area (Å²) in [4.78, 5) is 15.5. The number of aryl methyl sites for hydroxylation is 1. The molecular weight excluding hydrogens is 303 g/mol. The molecule has 0 aliphatic rings. The zero-order valence-corrected chi connectivity index (χ0v) is 11.6. The molecule has 2 aromatic rings. The van der Waals surface area contributed by atoms with Gasteiger partial charge in [0.25, 0.3) is 0 Å². The Bertz CT molecular complexity index is 710. The minimum absolute atomic E-state index is 0.296. The summed E-state index contributed by atoms with van der Waals surface area (Å²) in [6.45, 7) is 1.51. The summed E-state index contributed by atoms with van der Waals surface area (Å²) in [5.74, 6) is -0.629. The average molecular weight is 314 g/mol. The maximum absolute atomic E-state index is 13.2. The monoisotopic (exact) mass is 314 g/mol. The summed E-state index contributed by atoms with van der Waals surface area (Å²) in [6, 6.07) is 1.53. The quantitative estimate of drug-likeness (QED) is 0.696. The normalized spacial score (nSPS) is 11.4. The number of anilines is 1. The Kier molecular flexibility index (Phi) is 4.09. The number of benzene rings is 1. The molecule has 9 heteroatoms. The predicted octanol–water partition coefficient (Wildman–Crippen LogP) is 2.90. The molecule has 1 heterocycles. The van der Waals surface area contributed by atoms with Crippen molar-refractivity contribution in [2.75, 3.05) is 12.6 Å². The van der Waals surface area contributed by atoms with Crippen LogP contribution in [-0.2, 0) is 10.9 Å². The van der Waals surface area contributed by atoms with Gasteiger partial charge in [-0.25, -0.2) is 9.78 Å². The highest BCUT2D eigenvalue weighted by molar-refractivity contribution is 5.96. The van der Waals surface area contributed by atoms with Gasteiger partial charge in [0.05, 0.1) is 23.9 Å². The molecule has 0 aliphatic heterocycles. The molecule has 6 nitrogen and oxygen atoms in total. The van der Waals surface area contributed by atoms with Gasteiger partial charge in [-0.3, -0.25) is 0 Å². The molecule has 0 unspecified atom stereocenters. The molecule has 0 fully saturated rings. The molecule has 0 amide bonds. The van der Waals surface area contributed by atoms with Gasteiger partial charge in [-0.05, 0) is 19.1 Å². The lowest BCUT2D eigenvalue weighted by Gasteiger charge is -2.20. The van der Waals surface area contributed by atoms with E-state index < -0.39 is 23.4 Å². The SMILES string of the molecule is COC(=O)c1cc(-n2ccnc2C)c(C(F)(F)F)cc1N[O-]. The number of hydrogen-bond acceptors (Lipinski definition) is 5. The highest BCUT2D eigenvalue weighted by Gasteiger charge is 2.35. The van der Waals surface area contributed by atoms with Gasteiger partial charge in [0.15, 0.2) is 0 Å². The van der Waals surface area contributed by atoms with E-state index in [1.54, 1.807) is 0 Å². The maximum atomic E-state index is 13.2. The van der Waals surface area contributed by atoms with Gasteiger partial charge < -0.3 is 20.0 Å². The number of alkyl halides is 3. The Morgan fingerprint density at radius 1 is 1.41 bits per heavy atom. The van der Waals surface area contributed by atoms with Crippen LogP contribution in [-0.4, -0.2) is 22.6 Å². The number of nitrogens with zero attached hydrogens (tertiary/aromatic N) is 2. The molecule has 0 bridgehead atoms. The molecule has 0 saturated heterocycles. The first-order valence-corrected chi connectivity index (χ1v) is 6.01. The number of imidazole rings is 1. The number of hydrogen-bond donors (Lipinski definition) is 1. The first-order chi connectivity index (χ1) is 10.3. The third-order valence-electron chi connectivity index (χ3n) is 3.04. The molecule has 1 aromatic carbocycles. The Morgan fingerprint density at radius 2 is 2.09 bits per heavy atom. The van der Waals surface area contributed by atoms with E-state index >= 15 is 0 Å². The number of nitrogens with one attached hydrogen (secondary N) is 1. The Hall–Kier alpha value is -2.55. The van der Waals surface area contributed by atoms with Crippen LogP contribution in [0.5, 0.6) is 0 Å². The Labute approximate surface area is 123 Å². The lowest BCUT2D eigenvalue weighted by atomic mass is 10.1. The third-order valence-corrected chi connectivity index (χ3v) is 3.04. The van der Waals surface area contributed by atoms with Crippen LogP contribution in [0.4, 0.5) is 18.9 Å². The van der Waals surface area contributed by atoms with E-state index in [4.69, 9.17) is 0 Å². The topological polar surface area (TPSA) is 79.2 Å². The number of methoxy groups -OCH3 is 1. The van der Waals surface area contributed by atoms with Gasteiger partial charge in [0, 0.05) is 18.1 Å². The van der Waals surface area contributed by atoms with Crippen LogP contribution in [0.15, 0.2) is 24.5 Å². The van der Waals surface area contributed by atoms with Gasteiger partial charge in [0.1, 0.15) is 5.82 Å². The van der Waals surface area contributed by atoms with E-state index in [0.29, 0.717) is 11.9 Å². The van der Waals surface area contributed by atoms with Crippen molar-refractivity contribution in [3.63, 3.8) is 0 Å². The van der Waals surface area contributed by atoms with Crippen LogP contribution >= 0.6 is 0 Å². The number of ether oxygens (including phenoxy) is 1. The molecule has 0 atom stereocenters. The van der Waals surface area contributed by atoms with Crippen LogP contribution in [0.25, 0.3) is 5.69 Å². The highest BCUT2D eigenvalue weighted by atomic mass is 19.4. The van der Waals surface area contributed by atoms with Crippen LogP contribution in [0.1, 0.15) is 21.7 Å². The van der Waals surface area contributed by atoms with Crippen molar-refractivity contribution in [1.82, 2.24) is 9.55 Å². The third kappa shape index (κ3) is 2.75. The molecule has 2 rings (SSSR count). The summed E-state index contributed by atoms with van der Waals surface area (Å²) in [5, 5.41) is 10.9. The first-order valence-electron chi connectivity index (χ1n) is 6.01. The highest BCUT2D eigenvalue weighted by Crippen LogP contribution is 2.37. The molecule has 22 heavy (non-hydrogen) atoms. The number of carbonyl (C=O) groups excluding carboxylic acids is 1. The van der Waals surface area contributed by atoms with E-state index in [9.17, 15) is 23.2 Å². The smallest absolute Gasteiger partial charge is 0.418 e. The van der Waals surface area contributed by atoms with Gasteiger partial charge in [-0.2, -0.15) is 13.2 Å². The average Bonchev–Trinajstić information content (AvgIpc) is 2.90. The predicted molar refractivity (Wildman–Crippen MR) is 71.6 cm³/mol. The van der Waals surface area contributed by atoms with Crippen molar-refractivity contribution in [3.05, 3.63) is 46.7 Å². The maximum Gasteiger partial charge on any atom is 0.418 e. The van der Waals surface area contributed by atoms with Crippen LogP contribution in [0, 0.1) is 12.1 Å². The molecule has 0 spiro atoms. The zero-order valence-electron chi connectivity index (χ0n) is 11.6. The molecule has 0 aliphatic carbocycles. The minimum Gasteiger partial charge on any atom is -0.761 e. The van der Waals surface area contributed by atoms with Crippen molar-refractivity contribution in [3.8, 4) is 5.69 Å². The minimum atomic E-state index is -4.72. The standard InChI is InChI=1S/C13H11F3N3O3/c1-7-17-3-4-19(7)11-5-8(12(20)22-2)10(18-21)6-9(11)13(14,15)16/h3-6,18H,1-2H3/q-1. The Balaban J connectivity index is 2.79. The summed E-state index contributed by atoms with van der Waals surface area (Å²) < 4.78 is 45.3. The van der Waals surface area contributed by atoms with Gasteiger partial charge in [0.2, 0.25) is 0 Å². The zero-order chi connectivity index (χ0) is 16.5. The molecule has 0 radical (unpaired) electrons. The molecule has 118 valence electrons. The largest absolute Gasteiger partial charge is 0.761 e. The number of esters is 1. The van der Waals surface area contributed by atoms with E-state index in [2.05, 4.69) is 9.72 Å². The lowest BCUT2D eigenvalue weighted by molar-refractivity contribution is -0.137. The Morgan fingerprint density at radius 3 is 2.55 bits per heavy atom. The van der Waals surface area contributed by atoms with Gasteiger partial charge >= 0.3 is 12.1 Å². The number of halogens is 3. The van der Waals surface area contributed by atoms with Crippen LogP contribution in [0.2, 0.25) is 0 Å². The van der Waals surface area contributed by atoms with Crippen molar-refractivity contribution in [1.29, 1.82) is 0 Å². The summed E-state index contributed by atoms with van der Waals surface area (Å²) >= 11 is 0. The number of rotatable bonds is 3. The van der Waals surface area contributed by atoms with E-state index in [1.807, 2.05) is 0 Å². The number of aromatic nitrogens is 2. The second kappa shape index (κ2) is 5.68. The molecule has 1 N–H and O–H groups in total. The lowest BCUT2D eigenvalue weighted by Crippen LogP contribution is -2.15. The second-order valence-electron chi connectivity index (χ2n) is 4.35. The molecule has 1 aromatic heterocycles. The van der Waals surface area contributed by atoms with Crippen LogP contribution < -0.4 is 5.48 Å². The van der Waals surface area contributed by atoms with Crippen molar-refractivity contribution < 1.29 is 22.7 Å². The summed E-state index contributed by atoms with van der Waals surface area (Å²) in [7, 11) is 1.07. The van der Waals surface area contributed by atoms with E-state index in [1.165, 1.54) is 29.4 Å². The van der Waals surface area contributed by atoms with Crippen molar-refractivity contribution in [2.24, 2.45) is 0 Å². The first kappa shape index (κ1) is 15.8. The fourth-order valence-electron chi connectivity index (χ4n) is 2.01. The van der Waals surface area contributed by atoms with Gasteiger partial charge in [-0.15, -0.1) is 0 Å². The molecule has 0 saturated carbocycles. The van der Waals surface area contributed by atoms with Crippen molar-refractivity contribution in [2.45, 2.75) is 13.1 Å². The van der Waals surface area contributed by atoms with Gasteiger partial charge in [-0.1, -0.05) is 0 Å². The fraction of sp³-hybridized carbons (Fsp3) is 0.231. The van der Waals surface area contributed by atoms with E-state index in [0.717, 1.165) is 13.2 Å². The van der Waals surface area contributed by atoms with Crippen molar-refractivity contribution >= 4 is 11.7 Å². The fourth-order valence-corrected chi connectivity index (χ4v) is 2.01. The summed E-state index contributed by atoms with van der Waals surface area (Å²) in [5.41, 5.74) is -0.864. The van der Waals surface area contributed by atoms with Crippen LogP contribution in [0.3, 0.4) is 0 Å². The van der Waals surface area contributed by atoms with E-state index in [-0.39, 0.29) is 11.3 Å². The second-order valence-corrected chi connectivity index (χ2v) is 4.35. The molecular formula is C13H11F3N3O3-. The summed E-state index contributed by atoms with van der Waals surface area (Å²) in [6.07, 6.45) is -2.06.